The van der Waals surface area contributed by atoms with Crippen molar-refractivity contribution in [3.05, 3.63) is 86.7 Å². The average molecular weight is 512 g/mol. The monoisotopic (exact) mass is 512 g/mol. The second-order valence-electron chi connectivity index (χ2n) is 6.03. The van der Waals surface area contributed by atoms with Gasteiger partial charge in [-0.2, -0.15) is 10.4 Å². The van der Waals surface area contributed by atoms with Gasteiger partial charge in [0.05, 0.1) is 28.5 Å². The molecule has 0 aliphatic heterocycles. The van der Waals surface area contributed by atoms with E-state index in [9.17, 15) is 10.1 Å². The second kappa shape index (κ2) is 10.4. The van der Waals surface area contributed by atoms with E-state index in [1.807, 2.05) is 24.3 Å². The van der Waals surface area contributed by atoms with Crippen LogP contribution in [0.2, 0.25) is 0 Å². The van der Waals surface area contributed by atoms with E-state index >= 15 is 0 Å². The van der Waals surface area contributed by atoms with Gasteiger partial charge in [0.15, 0.2) is 11.5 Å². The number of pyridine rings is 1. The molecule has 7 nitrogen and oxygen atoms in total. The molecule has 0 aliphatic carbocycles. The van der Waals surface area contributed by atoms with Crippen molar-refractivity contribution < 1.29 is 14.3 Å². The highest BCUT2D eigenvalue weighted by Crippen LogP contribution is 2.34. The Morgan fingerprint density at radius 1 is 1.27 bits per heavy atom. The number of benzene rings is 2. The fourth-order valence-electron chi connectivity index (χ4n) is 2.59. The quantitative estimate of drug-likeness (QED) is 0.294. The smallest absolute Gasteiger partial charge is 0.271 e. The molecule has 0 saturated heterocycles. The van der Waals surface area contributed by atoms with Crippen molar-refractivity contribution >= 4 is 34.7 Å². The van der Waals surface area contributed by atoms with Crippen LogP contribution in [-0.2, 0) is 6.61 Å². The van der Waals surface area contributed by atoms with Gasteiger partial charge in [0.2, 0.25) is 0 Å². The van der Waals surface area contributed by atoms with Gasteiger partial charge >= 0.3 is 0 Å². The molecular formula is C22H17IN4O3. The van der Waals surface area contributed by atoms with Crippen molar-refractivity contribution in [3.63, 3.8) is 0 Å². The summed E-state index contributed by atoms with van der Waals surface area (Å²) >= 11 is 2.14. The first-order valence-electron chi connectivity index (χ1n) is 8.84. The number of hydrogen-bond donors (Lipinski definition) is 1. The number of carbonyl (C=O) groups is 1. The summed E-state index contributed by atoms with van der Waals surface area (Å²) in [7, 11) is 1.55. The van der Waals surface area contributed by atoms with Crippen LogP contribution in [-0.4, -0.2) is 24.2 Å². The van der Waals surface area contributed by atoms with Gasteiger partial charge in [-0.1, -0.05) is 18.2 Å². The van der Waals surface area contributed by atoms with Crippen molar-refractivity contribution in [2.24, 2.45) is 5.10 Å². The topological polar surface area (TPSA) is 96.6 Å². The number of aromatic nitrogens is 1. The molecule has 1 aromatic heterocycles. The van der Waals surface area contributed by atoms with Crippen molar-refractivity contribution in [2.45, 2.75) is 6.61 Å². The standard InChI is InChI=1S/C22H17IN4O3/c1-29-20-11-15(13-26-27-22(28)16-6-8-25-9-7-16)10-19(23)21(20)30-14-18-5-3-2-4-17(18)12-24/h2-11,13H,14H2,1H3,(H,27,28)/b26-13+. The SMILES string of the molecule is COc1cc(/C=N/NC(=O)c2ccncc2)cc(I)c1OCc1ccccc1C#N. The summed E-state index contributed by atoms with van der Waals surface area (Å²) in [6, 6.07) is 16.3. The Morgan fingerprint density at radius 2 is 2.03 bits per heavy atom. The van der Waals surface area contributed by atoms with E-state index in [2.05, 4.69) is 44.2 Å². The van der Waals surface area contributed by atoms with Crippen LogP contribution in [0.4, 0.5) is 0 Å². The second-order valence-corrected chi connectivity index (χ2v) is 7.19. The number of nitrogens with one attached hydrogen (secondary N) is 1. The number of ether oxygens (including phenoxy) is 2. The molecule has 0 saturated carbocycles. The van der Waals surface area contributed by atoms with E-state index in [4.69, 9.17) is 9.47 Å². The molecule has 1 amide bonds. The number of rotatable bonds is 7. The number of nitriles is 1. The number of halogens is 1. The maximum absolute atomic E-state index is 12.0. The number of methoxy groups -OCH3 is 1. The molecule has 2 aromatic carbocycles. The third-order valence-electron chi connectivity index (χ3n) is 4.08. The molecule has 0 fully saturated rings. The summed E-state index contributed by atoms with van der Waals surface area (Å²) in [4.78, 5) is 15.9. The lowest BCUT2D eigenvalue weighted by Crippen LogP contribution is -2.17. The third kappa shape index (κ3) is 5.33. The maximum atomic E-state index is 12.0. The lowest BCUT2D eigenvalue weighted by atomic mass is 10.1. The van der Waals surface area contributed by atoms with E-state index in [0.717, 1.165) is 14.7 Å². The highest BCUT2D eigenvalue weighted by molar-refractivity contribution is 14.1. The van der Waals surface area contributed by atoms with Crippen LogP contribution in [0.5, 0.6) is 11.5 Å². The molecule has 0 aliphatic rings. The van der Waals surface area contributed by atoms with Crippen LogP contribution in [0.25, 0.3) is 0 Å². The number of amides is 1. The molecular weight excluding hydrogens is 495 g/mol. The molecule has 1 heterocycles. The van der Waals surface area contributed by atoms with Gasteiger partial charge in [-0.25, -0.2) is 5.43 Å². The summed E-state index contributed by atoms with van der Waals surface area (Å²) in [6.07, 6.45) is 4.61. The van der Waals surface area contributed by atoms with E-state index in [1.165, 1.54) is 6.21 Å². The zero-order valence-electron chi connectivity index (χ0n) is 16.0. The zero-order valence-corrected chi connectivity index (χ0v) is 18.2. The highest BCUT2D eigenvalue weighted by atomic mass is 127. The minimum Gasteiger partial charge on any atom is -0.493 e. The van der Waals surface area contributed by atoms with Crippen LogP contribution in [0.3, 0.4) is 0 Å². The molecule has 3 aromatic rings. The first-order chi connectivity index (χ1) is 14.6. The number of nitrogens with zero attached hydrogens (tertiary/aromatic N) is 3. The summed E-state index contributed by atoms with van der Waals surface area (Å²) in [5, 5.41) is 13.2. The molecule has 0 radical (unpaired) electrons. The lowest BCUT2D eigenvalue weighted by molar-refractivity contribution is 0.0955. The Morgan fingerprint density at radius 3 is 2.77 bits per heavy atom. The van der Waals surface area contributed by atoms with Gasteiger partial charge in [0, 0.05) is 23.5 Å². The molecule has 30 heavy (non-hydrogen) atoms. The third-order valence-corrected chi connectivity index (χ3v) is 4.89. The minimum atomic E-state index is -0.327. The normalized spacial score (nSPS) is 10.4. The largest absolute Gasteiger partial charge is 0.493 e. The number of hydrogen-bond acceptors (Lipinski definition) is 6. The van der Waals surface area contributed by atoms with Crippen molar-refractivity contribution in [1.29, 1.82) is 5.26 Å². The lowest BCUT2D eigenvalue weighted by Gasteiger charge is -2.14. The first-order valence-corrected chi connectivity index (χ1v) is 9.92. The molecule has 0 spiro atoms. The summed E-state index contributed by atoms with van der Waals surface area (Å²) < 4.78 is 12.2. The Labute approximate surface area is 187 Å². The molecule has 0 atom stereocenters. The van der Waals surface area contributed by atoms with Crippen LogP contribution < -0.4 is 14.9 Å². The highest BCUT2D eigenvalue weighted by Gasteiger charge is 2.12. The van der Waals surface area contributed by atoms with Gasteiger partial charge < -0.3 is 9.47 Å². The molecule has 150 valence electrons. The number of carbonyl (C=O) groups excluding carboxylic acids is 1. The van der Waals surface area contributed by atoms with Crippen LogP contribution in [0.15, 0.2) is 66.0 Å². The Hall–Kier alpha value is -3.45. The minimum absolute atomic E-state index is 0.242. The van der Waals surface area contributed by atoms with Gasteiger partial charge in [0.25, 0.3) is 5.91 Å². The molecule has 0 unspecified atom stereocenters. The van der Waals surface area contributed by atoms with Crippen molar-refractivity contribution in [2.75, 3.05) is 7.11 Å². The van der Waals surface area contributed by atoms with Gasteiger partial charge in [-0.05, 0) is 58.5 Å². The molecule has 3 rings (SSSR count). The fraction of sp³-hybridized carbons (Fsp3) is 0.0909. The van der Waals surface area contributed by atoms with E-state index in [-0.39, 0.29) is 12.5 Å². The maximum Gasteiger partial charge on any atom is 0.271 e. The average Bonchev–Trinajstić information content (AvgIpc) is 2.78. The van der Waals surface area contributed by atoms with E-state index < -0.39 is 0 Å². The summed E-state index contributed by atoms with van der Waals surface area (Å²) in [5.74, 6) is 0.772. The number of hydrazone groups is 1. The summed E-state index contributed by atoms with van der Waals surface area (Å²) in [5.41, 5.74) is 5.04. The van der Waals surface area contributed by atoms with Crippen molar-refractivity contribution in [1.82, 2.24) is 10.4 Å². The van der Waals surface area contributed by atoms with Crippen LogP contribution in [0.1, 0.15) is 27.0 Å². The zero-order chi connectivity index (χ0) is 21.3. The molecule has 0 bridgehead atoms. The predicted octanol–water partition coefficient (Wildman–Crippen LogP) is 3.91. The summed E-state index contributed by atoms with van der Waals surface area (Å²) in [6.45, 7) is 0.242. The Balaban J connectivity index is 1.72. The predicted molar refractivity (Wildman–Crippen MR) is 120 cm³/mol. The van der Waals surface area contributed by atoms with E-state index in [0.29, 0.717) is 22.6 Å². The van der Waals surface area contributed by atoms with Gasteiger partial charge in [0.1, 0.15) is 6.61 Å². The Bertz CT molecular complexity index is 1110. The van der Waals surface area contributed by atoms with Gasteiger partial charge in [-0.3, -0.25) is 9.78 Å². The molecule has 8 heteroatoms. The fourth-order valence-corrected chi connectivity index (χ4v) is 3.37. The Kier molecular flexibility index (Phi) is 7.34. The van der Waals surface area contributed by atoms with Crippen molar-refractivity contribution in [3.8, 4) is 17.6 Å². The van der Waals surface area contributed by atoms with Gasteiger partial charge in [-0.15, -0.1) is 0 Å². The first kappa shape index (κ1) is 21.3. The van der Waals surface area contributed by atoms with E-state index in [1.54, 1.807) is 43.8 Å². The molecule has 1 N–H and O–H groups in total. The van der Waals surface area contributed by atoms with Crippen LogP contribution in [0, 0.1) is 14.9 Å². The van der Waals surface area contributed by atoms with Crippen LogP contribution >= 0.6 is 22.6 Å².